The van der Waals surface area contributed by atoms with E-state index in [1.165, 1.54) is 12.8 Å². The summed E-state index contributed by atoms with van der Waals surface area (Å²) in [4.78, 5) is 14.5. The summed E-state index contributed by atoms with van der Waals surface area (Å²) >= 11 is 0. The Labute approximate surface area is 160 Å². The minimum atomic E-state index is -3.31. The Hall–Kier alpha value is -1.64. The zero-order valence-corrected chi connectivity index (χ0v) is 16.6. The van der Waals surface area contributed by atoms with Crippen molar-refractivity contribution in [2.45, 2.75) is 36.6 Å². The summed E-state index contributed by atoms with van der Waals surface area (Å²) in [5.74, 6) is 1.56. The second kappa shape index (κ2) is 7.07. The minimum absolute atomic E-state index is 0.0152. The lowest BCUT2D eigenvalue weighted by Gasteiger charge is -2.38. The van der Waals surface area contributed by atoms with Gasteiger partial charge in [0.25, 0.3) is 0 Å². The monoisotopic (exact) mass is 393 g/mol. The zero-order chi connectivity index (χ0) is 19.2. The number of carbonyl (C=O) groups is 1. The van der Waals surface area contributed by atoms with Gasteiger partial charge < -0.3 is 9.64 Å². The Morgan fingerprint density at radius 1 is 1.30 bits per heavy atom. The van der Waals surface area contributed by atoms with Crippen LogP contribution >= 0.6 is 0 Å². The summed E-state index contributed by atoms with van der Waals surface area (Å²) in [6.07, 6.45) is 2.38. The van der Waals surface area contributed by atoms with Gasteiger partial charge in [-0.1, -0.05) is 6.92 Å². The molecular weight excluding hydrogens is 366 g/mol. The van der Waals surface area contributed by atoms with Crippen molar-refractivity contribution < 1.29 is 17.9 Å². The molecule has 0 aromatic heterocycles. The maximum Gasteiger partial charge on any atom is 0.241 e. The van der Waals surface area contributed by atoms with Gasteiger partial charge in [-0.25, -0.2) is 13.8 Å². The van der Waals surface area contributed by atoms with E-state index in [1.807, 2.05) is 0 Å². The van der Waals surface area contributed by atoms with Crippen molar-refractivity contribution in [1.82, 2.24) is 15.8 Å². The highest BCUT2D eigenvalue weighted by atomic mass is 32.2. The molecule has 4 rings (SSSR count). The predicted molar refractivity (Wildman–Crippen MR) is 101 cm³/mol. The second-order valence-electron chi connectivity index (χ2n) is 7.85. The summed E-state index contributed by atoms with van der Waals surface area (Å²) in [5.41, 5.74) is 7.06. The molecule has 148 valence electrons. The fourth-order valence-electron chi connectivity index (χ4n) is 4.02. The van der Waals surface area contributed by atoms with Crippen molar-refractivity contribution in [3.8, 4) is 5.75 Å². The van der Waals surface area contributed by atoms with Crippen molar-refractivity contribution >= 4 is 15.7 Å². The molecule has 2 aliphatic heterocycles. The molecule has 1 saturated carbocycles. The summed E-state index contributed by atoms with van der Waals surface area (Å²) in [6, 6.07) is 4.91. The lowest BCUT2D eigenvalue weighted by atomic mass is 9.78. The zero-order valence-electron chi connectivity index (χ0n) is 15.8. The third kappa shape index (κ3) is 3.58. The van der Waals surface area contributed by atoms with Gasteiger partial charge in [0.1, 0.15) is 11.8 Å². The number of benzene rings is 1. The molecule has 3 atom stereocenters. The number of hydrazine groups is 1. The Kier molecular flexibility index (Phi) is 4.90. The number of piperidine rings is 1. The van der Waals surface area contributed by atoms with Crippen molar-refractivity contribution in [2.75, 3.05) is 32.5 Å². The maximum atomic E-state index is 12.5. The summed E-state index contributed by atoms with van der Waals surface area (Å²) in [6.45, 7) is 3.54. The van der Waals surface area contributed by atoms with Gasteiger partial charge in [0.15, 0.2) is 9.84 Å². The number of rotatable bonds is 6. The van der Waals surface area contributed by atoms with E-state index in [1.54, 1.807) is 37.1 Å². The van der Waals surface area contributed by atoms with Gasteiger partial charge in [0, 0.05) is 37.5 Å². The Morgan fingerprint density at radius 3 is 2.78 bits per heavy atom. The van der Waals surface area contributed by atoms with E-state index in [4.69, 9.17) is 4.74 Å². The van der Waals surface area contributed by atoms with Crippen LogP contribution in [0.15, 0.2) is 23.1 Å². The number of ether oxygens (including phenoxy) is 1. The number of fused-ring (bicyclic) bond motifs is 1. The number of hydrogen-bond donors (Lipinski definition) is 2. The van der Waals surface area contributed by atoms with Gasteiger partial charge >= 0.3 is 0 Å². The van der Waals surface area contributed by atoms with Crippen molar-refractivity contribution in [3.63, 3.8) is 0 Å². The number of likely N-dealkylation sites (N-methyl/N-ethyl adjacent to an activating group) is 1. The van der Waals surface area contributed by atoms with Crippen LogP contribution in [0.3, 0.4) is 0 Å². The number of nitrogens with one attached hydrogen (secondary N) is 2. The molecule has 2 N–H and O–H groups in total. The second-order valence-corrected chi connectivity index (χ2v) is 10.1. The summed E-state index contributed by atoms with van der Waals surface area (Å²) in [7, 11) is -1.51. The molecule has 3 unspecified atom stereocenters. The van der Waals surface area contributed by atoms with E-state index in [-0.39, 0.29) is 29.5 Å². The van der Waals surface area contributed by atoms with Gasteiger partial charge in [0.05, 0.1) is 17.3 Å². The van der Waals surface area contributed by atoms with E-state index >= 15 is 0 Å². The molecule has 0 radical (unpaired) electrons. The Balaban J connectivity index is 1.73. The van der Waals surface area contributed by atoms with Crippen molar-refractivity contribution in [1.29, 1.82) is 0 Å². The van der Waals surface area contributed by atoms with Crippen LogP contribution in [-0.4, -0.2) is 57.8 Å². The smallest absolute Gasteiger partial charge is 0.241 e. The number of amides is 1. The molecule has 0 spiro atoms. The van der Waals surface area contributed by atoms with Gasteiger partial charge in [-0.15, -0.1) is 0 Å². The molecule has 3 aliphatic rings. The third-order valence-corrected chi connectivity index (χ3v) is 7.68. The standard InChI is InChI=1S/C19H27N3O4S/c1-3-27(24,25)13-6-7-17(26-11-12-4-5-12)14(8-13)16-10-22(2)19(23)18-15(16)9-20-21-18/h6-8,12,15-16,18,20-21H,3-5,9-11H2,1-2H3. The van der Waals surface area contributed by atoms with Crippen LogP contribution < -0.4 is 15.6 Å². The average molecular weight is 394 g/mol. The summed E-state index contributed by atoms with van der Waals surface area (Å²) in [5, 5.41) is 0. The molecule has 0 bridgehead atoms. The van der Waals surface area contributed by atoms with E-state index in [0.717, 1.165) is 11.3 Å². The third-order valence-electron chi connectivity index (χ3n) is 5.94. The highest BCUT2D eigenvalue weighted by Gasteiger charge is 2.45. The SMILES string of the molecule is CCS(=O)(=O)c1ccc(OCC2CC2)c(C2CN(C)C(=O)C3NNCC32)c1. The summed E-state index contributed by atoms with van der Waals surface area (Å²) < 4.78 is 31.0. The number of sulfone groups is 1. The first-order valence-corrected chi connectivity index (χ1v) is 11.3. The molecule has 3 fully saturated rings. The minimum Gasteiger partial charge on any atom is -0.493 e. The first-order chi connectivity index (χ1) is 12.9. The molecule has 1 aromatic rings. The molecular formula is C19H27N3O4S. The fraction of sp³-hybridized carbons (Fsp3) is 0.632. The van der Waals surface area contributed by atoms with Crippen molar-refractivity contribution in [2.24, 2.45) is 11.8 Å². The molecule has 1 aromatic carbocycles. The lowest BCUT2D eigenvalue weighted by Crippen LogP contribution is -2.53. The quantitative estimate of drug-likeness (QED) is 0.747. The highest BCUT2D eigenvalue weighted by Crippen LogP contribution is 2.40. The molecule has 1 aliphatic carbocycles. The van der Waals surface area contributed by atoms with Crippen molar-refractivity contribution in [3.05, 3.63) is 23.8 Å². The van der Waals surface area contributed by atoms with Crippen LogP contribution in [0.5, 0.6) is 5.75 Å². The lowest BCUT2D eigenvalue weighted by molar-refractivity contribution is -0.136. The number of nitrogens with zero attached hydrogens (tertiary/aromatic N) is 1. The number of hydrogen-bond acceptors (Lipinski definition) is 6. The Bertz CT molecular complexity index is 837. The van der Waals surface area contributed by atoms with Crippen LogP contribution in [0.2, 0.25) is 0 Å². The number of likely N-dealkylation sites (tertiary alicyclic amines) is 1. The fourth-order valence-corrected chi connectivity index (χ4v) is 4.93. The predicted octanol–water partition coefficient (Wildman–Crippen LogP) is 0.917. The van der Waals surface area contributed by atoms with Gasteiger partial charge in [-0.05, 0) is 37.0 Å². The molecule has 27 heavy (non-hydrogen) atoms. The molecule has 2 heterocycles. The van der Waals surface area contributed by atoms with Gasteiger partial charge in [-0.2, -0.15) is 0 Å². The average Bonchev–Trinajstić information content (AvgIpc) is 3.36. The Morgan fingerprint density at radius 2 is 2.07 bits per heavy atom. The molecule has 2 saturated heterocycles. The van der Waals surface area contributed by atoms with Gasteiger partial charge in [-0.3, -0.25) is 10.2 Å². The largest absolute Gasteiger partial charge is 0.493 e. The number of carbonyl (C=O) groups excluding carboxylic acids is 1. The van der Waals surface area contributed by atoms with Crippen LogP contribution in [0.25, 0.3) is 0 Å². The van der Waals surface area contributed by atoms with Crippen LogP contribution in [0.1, 0.15) is 31.2 Å². The van der Waals surface area contributed by atoms with E-state index in [2.05, 4.69) is 10.9 Å². The van der Waals surface area contributed by atoms with E-state index < -0.39 is 9.84 Å². The van der Waals surface area contributed by atoms with Crippen LogP contribution in [0, 0.1) is 11.8 Å². The maximum absolute atomic E-state index is 12.5. The highest BCUT2D eigenvalue weighted by molar-refractivity contribution is 7.91. The first kappa shape index (κ1) is 18.7. The normalized spacial score (nSPS) is 28.3. The topological polar surface area (TPSA) is 87.7 Å². The molecule has 1 amide bonds. The van der Waals surface area contributed by atoms with E-state index in [9.17, 15) is 13.2 Å². The van der Waals surface area contributed by atoms with Crippen LogP contribution in [-0.2, 0) is 14.6 Å². The van der Waals surface area contributed by atoms with E-state index in [0.29, 0.717) is 30.5 Å². The van der Waals surface area contributed by atoms with Gasteiger partial charge in [0.2, 0.25) is 5.91 Å². The molecule has 8 heteroatoms. The first-order valence-electron chi connectivity index (χ1n) is 9.63. The van der Waals surface area contributed by atoms with Crippen LogP contribution in [0.4, 0.5) is 0 Å². The molecule has 7 nitrogen and oxygen atoms in total.